The lowest BCUT2D eigenvalue weighted by atomic mass is 9.85. The second kappa shape index (κ2) is 3.67. The van der Waals surface area contributed by atoms with E-state index in [0.29, 0.717) is 0 Å². The van der Waals surface area contributed by atoms with Crippen molar-refractivity contribution in [3.63, 3.8) is 0 Å². The number of phenolic OH excluding ortho intramolecular Hbond substituents is 1. The lowest BCUT2D eigenvalue weighted by molar-refractivity contribution is 0.391. The van der Waals surface area contributed by atoms with Crippen molar-refractivity contribution in [3.8, 4) is 11.5 Å². The molecule has 0 aromatic heterocycles. The van der Waals surface area contributed by atoms with Gasteiger partial charge in [-0.05, 0) is 38.3 Å². The van der Waals surface area contributed by atoms with Crippen LogP contribution in [0.25, 0.3) is 0 Å². The maximum Gasteiger partial charge on any atom is 0.126 e. The topological polar surface area (TPSA) is 55.5 Å². The van der Waals surface area contributed by atoms with E-state index >= 15 is 0 Å². The standard InChI is InChI=1S/C13H19NO2/c1-8-6-10(15)7-11(16-3)12(8)13(4-5-13)9(2)14/h6-7,9,15H,4-5,14H2,1-3H3. The van der Waals surface area contributed by atoms with Crippen LogP contribution in [-0.2, 0) is 5.41 Å². The Hall–Kier alpha value is -1.22. The predicted octanol–water partition coefficient (Wildman–Crippen LogP) is 2.09. The number of benzene rings is 1. The van der Waals surface area contributed by atoms with Crippen molar-refractivity contribution < 1.29 is 9.84 Å². The summed E-state index contributed by atoms with van der Waals surface area (Å²) < 4.78 is 5.37. The van der Waals surface area contributed by atoms with Crippen LogP contribution in [0.15, 0.2) is 12.1 Å². The quantitative estimate of drug-likeness (QED) is 0.821. The Balaban J connectivity index is 2.56. The SMILES string of the molecule is COc1cc(O)cc(C)c1C1(C(C)N)CC1. The zero-order valence-electron chi connectivity index (χ0n) is 10.1. The van der Waals surface area contributed by atoms with E-state index < -0.39 is 0 Å². The first-order valence-corrected chi connectivity index (χ1v) is 5.65. The number of hydrogen-bond donors (Lipinski definition) is 2. The lowest BCUT2D eigenvalue weighted by Gasteiger charge is -2.24. The van der Waals surface area contributed by atoms with Crippen molar-refractivity contribution in [2.45, 2.75) is 38.1 Å². The van der Waals surface area contributed by atoms with Crippen molar-refractivity contribution in [1.82, 2.24) is 0 Å². The molecule has 1 aliphatic rings. The fraction of sp³-hybridized carbons (Fsp3) is 0.538. The number of phenols is 1. The van der Waals surface area contributed by atoms with Gasteiger partial charge in [-0.3, -0.25) is 0 Å². The molecule has 3 nitrogen and oxygen atoms in total. The molecular weight excluding hydrogens is 202 g/mol. The van der Waals surface area contributed by atoms with Gasteiger partial charge in [0.1, 0.15) is 11.5 Å². The van der Waals surface area contributed by atoms with Crippen LogP contribution >= 0.6 is 0 Å². The molecule has 0 aliphatic heterocycles. The van der Waals surface area contributed by atoms with E-state index in [0.717, 1.165) is 24.2 Å². The molecule has 0 radical (unpaired) electrons. The molecule has 1 fully saturated rings. The van der Waals surface area contributed by atoms with Crippen molar-refractivity contribution >= 4 is 0 Å². The highest BCUT2D eigenvalue weighted by molar-refractivity contribution is 5.53. The van der Waals surface area contributed by atoms with Crippen molar-refractivity contribution in [1.29, 1.82) is 0 Å². The first-order valence-electron chi connectivity index (χ1n) is 5.65. The Morgan fingerprint density at radius 2 is 2.06 bits per heavy atom. The van der Waals surface area contributed by atoms with Gasteiger partial charge in [0, 0.05) is 23.1 Å². The summed E-state index contributed by atoms with van der Waals surface area (Å²) in [4.78, 5) is 0. The third-order valence-corrected chi connectivity index (χ3v) is 3.66. The molecule has 1 atom stereocenters. The summed E-state index contributed by atoms with van der Waals surface area (Å²) in [7, 11) is 1.63. The van der Waals surface area contributed by atoms with E-state index in [2.05, 4.69) is 0 Å². The fourth-order valence-corrected chi connectivity index (χ4v) is 2.60. The average molecular weight is 221 g/mol. The molecule has 88 valence electrons. The maximum absolute atomic E-state index is 9.56. The smallest absolute Gasteiger partial charge is 0.126 e. The Kier molecular flexibility index (Phi) is 2.58. The van der Waals surface area contributed by atoms with Gasteiger partial charge in [-0.1, -0.05) is 0 Å². The van der Waals surface area contributed by atoms with E-state index in [-0.39, 0.29) is 17.2 Å². The molecule has 1 unspecified atom stereocenters. The lowest BCUT2D eigenvalue weighted by Crippen LogP contribution is -2.32. The molecule has 0 amide bonds. The Morgan fingerprint density at radius 3 is 2.50 bits per heavy atom. The van der Waals surface area contributed by atoms with E-state index in [9.17, 15) is 5.11 Å². The van der Waals surface area contributed by atoms with Crippen LogP contribution in [0, 0.1) is 6.92 Å². The van der Waals surface area contributed by atoms with Crippen LogP contribution in [0.4, 0.5) is 0 Å². The van der Waals surface area contributed by atoms with E-state index in [4.69, 9.17) is 10.5 Å². The summed E-state index contributed by atoms with van der Waals surface area (Å²) in [6, 6.07) is 3.56. The molecule has 1 aromatic rings. The predicted molar refractivity (Wildman–Crippen MR) is 64.0 cm³/mol. The maximum atomic E-state index is 9.56. The van der Waals surface area contributed by atoms with Gasteiger partial charge in [-0.2, -0.15) is 0 Å². The molecule has 0 spiro atoms. The van der Waals surface area contributed by atoms with Crippen LogP contribution < -0.4 is 10.5 Å². The number of aryl methyl sites for hydroxylation is 1. The van der Waals surface area contributed by atoms with Gasteiger partial charge in [0.25, 0.3) is 0 Å². The summed E-state index contributed by atoms with van der Waals surface area (Å²) in [5.74, 6) is 1.01. The molecule has 3 heteroatoms. The highest BCUT2D eigenvalue weighted by atomic mass is 16.5. The summed E-state index contributed by atoms with van der Waals surface area (Å²) in [5, 5.41) is 9.56. The molecule has 0 bridgehead atoms. The Morgan fingerprint density at radius 1 is 1.44 bits per heavy atom. The monoisotopic (exact) mass is 221 g/mol. The van der Waals surface area contributed by atoms with Gasteiger partial charge in [0.05, 0.1) is 7.11 Å². The van der Waals surface area contributed by atoms with Crippen molar-refractivity contribution in [3.05, 3.63) is 23.3 Å². The average Bonchev–Trinajstić information content (AvgIpc) is 2.97. The fourth-order valence-electron chi connectivity index (χ4n) is 2.60. The number of rotatable bonds is 3. The molecule has 1 saturated carbocycles. The van der Waals surface area contributed by atoms with Crippen molar-refractivity contribution in [2.75, 3.05) is 7.11 Å². The third-order valence-electron chi connectivity index (χ3n) is 3.66. The van der Waals surface area contributed by atoms with Crippen LogP contribution in [0.1, 0.15) is 30.9 Å². The highest BCUT2D eigenvalue weighted by Gasteiger charge is 2.50. The van der Waals surface area contributed by atoms with Gasteiger partial charge in [0.15, 0.2) is 0 Å². The third kappa shape index (κ3) is 1.55. The highest BCUT2D eigenvalue weighted by Crippen LogP contribution is 2.54. The van der Waals surface area contributed by atoms with Gasteiger partial charge in [0.2, 0.25) is 0 Å². The Labute approximate surface area is 96.2 Å². The molecule has 16 heavy (non-hydrogen) atoms. The second-order valence-corrected chi connectivity index (χ2v) is 4.78. The molecule has 0 saturated heterocycles. The van der Waals surface area contributed by atoms with Gasteiger partial charge < -0.3 is 15.6 Å². The molecule has 1 aliphatic carbocycles. The molecule has 3 N–H and O–H groups in total. The van der Waals surface area contributed by atoms with E-state index in [1.807, 2.05) is 13.8 Å². The van der Waals surface area contributed by atoms with Gasteiger partial charge in [-0.25, -0.2) is 0 Å². The van der Waals surface area contributed by atoms with Gasteiger partial charge >= 0.3 is 0 Å². The van der Waals surface area contributed by atoms with Gasteiger partial charge in [-0.15, -0.1) is 0 Å². The van der Waals surface area contributed by atoms with Crippen molar-refractivity contribution in [2.24, 2.45) is 5.73 Å². The first-order chi connectivity index (χ1) is 7.51. The molecule has 0 heterocycles. The molecule has 1 aromatic carbocycles. The number of nitrogens with two attached hydrogens (primary N) is 1. The minimum Gasteiger partial charge on any atom is -0.508 e. The molecular formula is C13H19NO2. The minimum atomic E-state index is 0.0587. The van der Waals surface area contributed by atoms with Crippen LogP contribution in [0.5, 0.6) is 11.5 Å². The zero-order valence-corrected chi connectivity index (χ0v) is 10.1. The summed E-state index contributed by atoms with van der Waals surface area (Å²) in [5.41, 5.74) is 8.37. The molecule has 2 rings (SSSR count). The second-order valence-electron chi connectivity index (χ2n) is 4.78. The Bertz CT molecular complexity index is 409. The number of aromatic hydroxyl groups is 1. The van der Waals surface area contributed by atoms with E-state index in [1.54, 1.807) is 19.2 Å². The largest absolute Gasteiger partial charge is 0.508 e. The van der Waals surface area contributed by atoms with Crippen LogP contribution in [-0.4, -0.2) is 18.3 Å². The van der Waals surface area contributed by atoms with Crippen LogP contribution in [0.2, 0.25) is 0 Å². The summed E-state index contributed by atoms with van der Waals surface area (Å²) in [6.45, 7) is 4.04. The van der Waals surface area contributed by atoms with E-state index in [1.165, 1.54) is 5.56 Å². The zero-order chi connectivity index (χ0) is 11.9. The first kappa shape index (κ1) is 11.3. The number of methoxy groups -OCH3 is 1. The minimum absolute atomic E-state index is 0.0587. The number of ether oxygens (including phenoxy) is 1. The summed E-state index contributed by atoms with van der Waals surface area (Å²) >= 11 is 0. The number of hydrogen-bond acceptors (Lipinski definition) is 3. The van der Waals surface area contributed by atoms with Crippen LogP contribution in [0.3, 0.4) is 0 Å². The summed E-state index contributed by atoms with van der Waals surface area (Å²) in [6.07, 6.45) is 2.21. The normalized spacial score (nSPS) is 19.2.